The summed E-state index contributed by atoms with van der Waals surface area (Å²) in [5.74, 6) is 3.42. The summed E-state index contributed by atoms with van der Waals surface area (Å²) in [6.45, 7) is 0. The van der Waals surface area contributed by atoms with Gasteiger partial charge in [-0.25, -0.2) is 0 Å². The smallest absolute Gasteiger partial charge is 0.247 e. The predicted molar refractivity (Wildman–Crippen MR) is 82.3 cm³/mol. The van der Waals surface area contributed by atoms with Crippen LogP contribution in [0, 0.1) is 0 Å². The topological polar surface area (TPSA) is 69.6 Å². The molecule has 0 amide bonds. The van der Waals surface area contributed by atoms with E-state index in [2.05, 4.69) is 25.0 Å². The Hall–Kier alpha value is -2.15. The van der Waals surface area contributed by atoms with E-state index in [-0.39, 0.29) is 0 Å². The van der Waals surface area contributed by atoms with Crippen molar-refractivity contribution in [2.75, 3.05) is 0 Å². The van der Waals surface area contributed by atoms with Crippen LogP contribution in [0.5, 0.6) is 0 Å². The Morgan fingerprint density at radius 2 is 1.95 bits per heavy atom. The summed E-state index contributed by atoms with van der Waals surface area (Å²) in [5.41, 5.74) is 0.931. The van der Waals surface area contributed by atoms with Crippen LogP contribution in [0.4, 0.5) is 0 Å². The van der Waals surface area contributed by atoms with Crippen LogP contribution in [0.15, 0.2) is 39.9 Å². The molecular weight excluding hydrogens is 298 g/mol. The molecule has 0 unspecified atom stereocenters. The van der Waals surface area contributed by atoms with Crippen LogP contribution in [0.3, 0.4) is 0 Å². The van der Waals surface area contributed by atoms with E-state index in [1.165, 1.54) is 12.8 Å². The molecule has 0 saturated heterocycles. The molecule has 1 aliphatic carbocycles. The maximum absolute atomic E-state index is 5.70. The van der Waals surface area contributed by atoms with Gasteiger partial charge in [-0.1, -0.05) is 30.0 Å². The molecule has 4 rings (SSSR count). The molecular formula is C15H15N5OS. The van der Waals surface area contributed by atoms with Gasteiger partial charge in [-0.05, 0) is 25.0 Å². The van der Waals surface area contributed by atoms with E-state index >= 15 is 0 Å². The predicted octanol–water partition coefficient (Wildman–Crippen LogP) is 3.03. The lowest BCUT2D eigenvalue weighted by Crippen LogP contribution is -1.97. The van der Waals surface area contributed by atoms with Crippen molar-refractivity contribution in [2.24, 2.45) is 7.05 Å². The highest BCUT2D eigenvalue weighted by atomic mass is 32.2. The Kier molecular flexibility index (Phi) is 3.42. The van der Waals surface area contributed by atoms with Crippen LogP contribution in [0.1, 0.15) is 30.5 Å². The van der Waals surface area contributed by atoms with Crippen molar-refractivity contribution in [1.29, 1.82) is 0 Å². The highest BCUT2D eigenvalue weighted by Gasteiger charge is 2.29. The molecule has 7 heteroatoms. The van der Waals surface area contributed by atoms with Gasteiger partial charge in [-0.3, -0.25) is 0 Å². The molecule has 1 fully saturated rings. The molecule has 0 aliphatic heterocycles. The lowest BCUT2D eigenvalue weighted by Gasteiger charge is -2.00. The minimum atomic E-state index is 0.549. The van der Waals surface area contributed by atoms with Gasteiger partial charge in [0.25, 0.3) is 0 Å². The zero-order valence-corrected chi connectivity index (χ0v) is 13.0. The lowest BCUT2D eigenvalue weighted by molar-refractivity contribution is 0.528. The van der Waals surface area contributed by atoms with E-state index in [0.29, 0.717) is 23.5 Å². The molecule has 2 aromatic heterocycles. The highest BCUT2D eigenvalue weighted by Crippen LogP contribution is 2.39. The third-order valence-electron chi connectivity index (χ3n) is 3.62. The zero-order valence-electron chi connectivity index (χ0n) is 12.1. The van der Waals surface area contributed by atoms with Crippen LogP contribution in [0.2, 0.25) is 0 Å². The summed E-state index contributed by atoms with van der Waals surface area (Å²) in [4.78, 5) is 0. The largest absolute Gasteiger partial charge is 0.420 e. The number of aromatic nitrogens is 5. The summed E-state index contributed by atoms with van der Waals surface area (Å²) in [6.07, 6.45) is 2.45. The van der Waals surface area contributed by atoms with Crippen molar-refractivity contribution in [1.82, 2.24) is 25.0 Å². The van der Waals surface area contributed by atoms with Crippen molar-refractivity contribution in [3.63, 3.8) is 0 Å². The second-order valence-corrected chi connectivity index (χ2v) is 6.27. The van der Waals surface area contributed by atoms with Gasteiger partial charge in [0.15, 0.2) is 5.16 Å². The van der Waals surface area contributed by atoms with Crippen molar-refractivity contribution in [2.45, 2.75) is 29.7 Å². The average molecular weight is 313 g/mol. The molecule has 2 heterocycles. The number of thioether (sulfide) groups is 1. The van der Waals surface area contributed by atoms with Gasteiger partial charge in [0, 0.05) is 18.5 Å². The van der Waals surface area contributed by atoms with Crippen LogP contribution >= 0.6 is 11.8 Å². The van der Waals surface area contributed by atoms with Crippen LogP contribution < -0.4 is 0 Å². The van der Waals surface area contributed by atoms with Crippen LogP contribution in [-0.4, -0.2) is 25.0 Å². The van der Waals surface area contributed by atoms with Crippen LogP contribution in [0.25, 0.3) is 11.5 Å². The summed E-state index contributed by atoms with van der Waals surface area (Å²) < 4.78 is 7.76. The second-order valence-electron chi connectivity index (χ2n) is 5.33. The van der Waals surface area contributed by atoms with E-state index in [4.69, 9.17) is 4.42 Å². The standard InChI is InChI=1S/C15H15N5OS/c1-20-13(10-7-8-10)17-19-15(20)22-9-12-16-18-14(21-12)11-5-3-2-4-6-11/h2-6,10H,7-9H2,1H3. The van der Waals surface area contributed by atoms with E-state index in [9.17, 15) is 0 Å². The van der Waals surface area contributed by atoms with Gasteiger partial charge >= 0.3 is 0 Å². The summed E-state index contributed by atoms with van der Waals surface area (Å²) >= 11 is 1.57. The summed E-state index contributed by atoms with van der Waals surface area (Å²) in [6, 6.07) is 9.77. The van der Waals surface area contributed by atoms with Gasteiger partial charge in [0.2, 0.25) is 11.8 Å². The van der Waals surface area contributed by atoms with Crippen molar-refractivity contribution >= 4 is 11.8 Å². The summed E-state index contributed by atoms with van der Waals surface area (Å²) in [5, 5.41) is 17.6. The van der Waals surface area contributed by atoms with Crippen molar-refractivity contribution in [3.05, 3.63) is 42.0 Å². The SMILES string of the molecule is Cn1c(SCc2nnc(-c3ccccc3)o2)nnc1C1CC1. The molecule has 112 valence electrons. The number of hydrogen-bond donors (Lipinski definition) is 0. The maximum Gasteiger partial charge on any atom is 0.247 e. The van der Waals surface area contributed by atoms with Gasteiger partial charge < -0.3 is 8.98 Å². The Balaban J connectivity index is 1.45. The lowest BCUT2D eigenvalue weighted by atomic mass is 10.2. The van der Waals surface area contributed by atoms with Crippen LogP contribution in [-0.2, 0) is 12.8 Å². The fraction of sp³-hybridized carbons (Fsp3) is 0.333. The first-order chi connectivity index (χ1) is 10.8. The Bertz CT molecular complexity index is 778. The molecule has 22 heavy (non-hydrogen) atoms. The monoisotopic (exact) mass is 313 g/mol. The third kappa shape index (κ3) is 2.64. The molecule has 0 spiro atoms. The molecule has 0 bridgehead atoms. The minimum absolute atomic E-state index is 0.549. The quantitative estimate of drug-likeness (QED) is 0.674. The fourth-order valence-electron chi connectivity index (χ4n) is 2.28. The van der Waals surface area contributed by atoms with E-state index in [0.717, 1.165) is 16.5 Å². The van der Waals surface area contributed by atoms with Gasteiger partial charge in [0.1, 0.15) is 5.82 Å². The van der Waals surface area contributed by atoms with Gasteiger partial charge in [-0.2, -0.15) is 0 Å². The Morgan fingerprint density at radius 1 is 1.14 bits per heavy atom. The van der Waals surface area contributed by atoms with E-state index in [1.807, 2.05) is 37.4 Å². The maximum atomic E-state index is 5.70. The number of benzene rings is 1. The van der Waals surface area contributed by atoms with Gasteiger partial charge in [-0.15, -0.1) is 20.4 Å². The molecule has 6 nitrogen and oxygen atoms in total. The third-order valence-corrected chi connectivity index (χ3v) is 4.63. The normalized spacial score (nSPS) is 14.4. The van der Waals surface area contributed by atoms with Crippen molar-refractivity contribution < 1.29 is 4.42 Å². The fourth-order valence-corrected chi connectivity index (χ4v) is 3.04. The van der Waals surface area contributed by atoms with E-state index < -0.39 is 0 Å². The number of hydrogen-bond acceptors (Lipinski definition) is 6. The summed E-state index contributed by atoms with van der Waals surface area (Å²) in [7, 11) is 2.01. The molecule has 1 saturated carbocycles. The average Bonchev–Trinajstić information content (AvgIpc) is 3.16. The zero-order chi connectivity index (χ0) is 14.9. The van der Waals surface area contributed by atoms with E-state index in [1.54, 1.807) is 11.8 Å². The molecule has 1 aliphatic rings. The number of rotatable bonds is 5. The first kappa shape index (κ1) is 13.5. The number of nitrogens with zero attached hydrogens (tertiary/aromatic N) is 5. The molecule has 3 aromatic rings. The first-order valence-corrected chi connectivity index (χ1v) is 8.19. The molecule has 0 atom stereocenters. The minimum Gasteiger partial charge on any atom is -0.420 e. The molecule has 0 radical (unpaired) electrons. The Morgan fingerprint density at radius 3 is 2.73 bits per heavy atom. The van der Waals surface area contributed by atoms with Crippen molar-refractivity contribution in [3.8, 4) is 11.5 Å². The molecule has 0 N–H and O–H groups in total. The second kappa shape index (κ2) is 5.57. The molecule has 1 aromatic carbocycles. The first-order valence-electron chi connectivity index (χ1n) is 7.21. The highest BCUT2D eigenvalue weighted by molar-refractivity contribution is 7.98. The van der Waals surface area contributed by atoms with Gasteiger partial charge in [0.05, 0.1) is 5.75 Å². The Labute approximate surface area is 132 Å².